The molecule has 9 heteroatoms. The highest BCUT2D eigenvalue weighted by Crippen LogP contribution is 2.30. The summed E-state index contributed by atoms with van der Waals surface area (Å²) in [5.41, 5.74) is -0.556. The Morgan fingerprint density at radius 1 is 1.42 bits per heavy atom. The summed E-state index contributed by atoms with van der Waals surface area (Å²) in [7, 11) is 1.51. The molecule has 1 atom stereocenters. The topological polar surface area (TPSA) is 70.4 Å². The summed E-state index contributed by atoms with van der Waals surface area (Å²) >= 11 is 0. The molecule has 1 aromatic heterocycles. The summed E-state index contributed by atoms with van der Waals surface area (Å²) in [4.78, 5) is 13.2. The van der Waals surface area contributed by atoms with Gasteiger partial charge in [-0.25, -0.2) is 9.48 Å². The number of benzene rings is 1. The molecule has 0 aliphatic carbocycles. The van der Waals surface area contributed by atoms with E-state index in [4.69, 9.17) is 5.11 Å². The third kappa shape index (κ3) is 4.05. The first-order valence-corrected chi connectivity index (χ1v) is 7.10. The molecule has 1 aromatic carbocycles. The van der Waals surface area contributed by atoms with E-state index in [0.717, 1.165) is 12.1 Å². The summed E-state index contributed by atoms with van der Waals surface area (Å²) in [5, 5.41) is 15.6. The molecule has 2 N–H and O–H groups in total. The van der Waals surface area contributed by atoms with Gasteiger partial charge in [-0.15, -0.1) is 5.10 Å². The zero-order valence-electron chi connectivity index (χ0n) is 13.1. The highest BCUT2D eigenvalue weighted by Gasteiger charge is 2.30. The third-order valence-electron chi connectivity index (χ3n) is 3.51. The highest BCUT2D eigenvalue weighted by molar-refractivity contribution is 5.88. The van der Waals surface area contributed by atoms with Gasteiger partial charge in [0.25, 0.3) is 0 Å². The molecule has 0 aliphatic heterocycles. The van der Waals surface area contributed by atoms with Crippen LogP contribution in [-0.2, 0) is 6.18 Å². The van der Waals surface area contributed by atoms with Gasteiger partial charge in [-0.05, 0) is 25.1 Å². The minimum Gasteiger partial charge on any atom is -0.394 e. The molecule has 130 valence electrons. The van der Waals surface area contributed by atoms with Crippen molar-refractivity contribution in [2.24, 2.45) is 0 Å². The molecule has 2 aromatic rings. The number of likely N-dealkylation sites (N-methyl/N-ethyl adjacent to an activating group) is 1. The highest BCUT2D eigenvalue weighted by atomic mass is 19.4. The molecule has 24 heavy (non-hydrogen) atoms. The molecule has 0 unspecified atom stereocenters. The van der Waals surface area contributed by atoms with E-state index in [1.165, 1.54) is 41.0 Å². The smallest absolute Gasteiger partial charge is 0.394 e. The van der Waals surface area contributed by atoms with Crippen molar-refractivity contribution in [3.63, 3.8) is 0 Å². The number of hydrogen-bond donors (Lipinski definition) is 2. The van der Waals surface area contributed by atoms with Gasteiger partial charge in [0, 0.05) is 19.3 Å². The first kappa shape index (κ1) is 17.8. The number of nitrogens with zero attached hydrogens (tertiary/aromatic N) is 3. The number of aliphatic hydroxyl groups is 1. The van der Waals surface area contributed by atoms with Crippen LogP contribution in [0.15, 0.2) is 36.5 Å². The maximum atomic E-state index is 12.7. The molecule has 0 radical (unpaired) electrons. The first-order chi connectivity index (χ1) is 11.2. The SMILES string of the molecule is C[C@@H](CO)N(C)C(=O)Nc1ccn(-c2cccc(C(F)(F)F)c2)n1. The maximum absolute atomic E-state index is 12.7. The van der Waals surface area contributed by atoms with Gasteiger partial charge in [0.1, 0.15) is 0 Å². The van der Waals surface area contributed by atoms with Crippen LogP contribution in [0.4, 0.5) is 23.8 Å². The Hall–Kier alpha value is -2.55. The van der Waals surface area contributed by atoms with Crippen LogP contribution in [0.3, 0.4) is 0 Å². The average Bonchev–Trinajstić information content (AvgIpc) is 3.01. The number of rotatable bonds is 4. The van der Waals surface area contributed by atoms with Crippen molar-refractivity contribution >= 4 is 11.8 Å². The van der Waals surface area contributed by atoms with Crippen LogP contribution in [0.1, 0.15) is 12.5 Å². The minimum absolute atomic E-state index is 0.189. The Morgan fingerprint density at radius 3 is 2.75 bits per heavy atom. The second-order valence-electron chi connectivity index (χ2n) is 5.27. The Bertz CT molecular complexity index is 715. The number of carbonyl (C=O) groups is 1. The Kier molecular flexibility index (Phi) is 5.13. The lowest BCUT2D eigenvalue weighted by Gasteiger charge is -2.22. The van der Waals surface area contributed by atoms with Gasteiger partial charge in [0.2, 0.25) is 0 Å². The lowest BCUT2D eigenvalue weighted by molar-refractivity contribution is -0.137. The molecule has 2 rings (SSSR count). The molecule has 2 amide bonds. The van der Waals surface area contributed by atoms with Crippen LogP contribution in [-0.4, -0.2) is 45.5 Å². The maximum Gasteiger partial charge on any atom is 0.416 e. The number of anilines is 1. The summed E-state index contributed by atoms with van der Waals surface area (Å²) in [6, 6.07) is 5.32. The van der Waals surface area contributed by atoms with E-state index in [0.29, 0.717) is 0 Å². The summed E-state index contributed by atoms with van der Waals surface area (Å²) in [5.74, 6) is 0.189. The van der Waals surface area contributed by atoms with Gasteiger partial charge < -0.3 is 10.0 Å². The lowest BCUT2D eigenvalue weighted by Crippen LogP contribution is -2.40. The van der Waals surface area contributed by atoms with E-state index in [-0.39, 0.29) is 24.2 Å². The monoisotopic (exact) mass is 342 g/mol. The van der Waals surface area contributed by atoms with Crippen molar-refractivity contribution in [2.45, 2.75) is 19.1 Å². The number of aromatic nitrogens is 2. The fourth-order valence-corrected chi connectivity index (χ4v) is 1.88. The minimum atomic E-state index is -4.44. The van der Waals surface area contributed by atoms with Gasteiger partial charge in [-0.3, -0.25) is 5.32 Å². The molecule has 0 bridgehead atoms. The predicted molar refractivity (Wildman–Crippen MR) is 81.9 cm³/mol. The lowest BCUT2D eigenvalue weighted by atomic mass is 10.2. The predicted octanol–water partition coefficient (Wildman–Crippen LogP) is 2.74. The number of urea groups is 1. The average molecular weight is 342 g/mol. The van der Waals surface area contributed by atoms with Gasteiger partial charge in [0.15, 0.2) is 5.82 Å². The number of nitrogens with one attached hydrogen (secondary N) is 1. The number of amides is 2. The quantitative estimate of drug-likeness (QED) is 0.898. The van der Waals surface area contributed by atoms with Crippen LogP contribution < -0.4 is 5.32 Å². The summed E-state index contributed by atoms with van der Waals surface area (Å²) in [6.07, 6.45) is -3.00. The van der Waals surface area contributed by atoms with Crippen LogP contribution in [0.2, 0.25) is 0 Å². The first-order valence-electron chi connectivity index (χ1n) is 7.10. The van der Waals surface area contributed by atoms with Crippen LogP contribution in [0, 0.1) is 0 Å². The molecule has 0 saturated heterocycles. The molecule has 0 fully saturated rings. The van der Waals surface area contributed by atoms with E-state index >= 15 is 0 Å². The van der Waals surface area contributed by atoms with Crippen molar-refractivity contribution in [3.8, 4) is 5.69 Å². The number of aliphatic hydroxyl groups excluding tert-OH is 1. The molecule has 0 saturated carbocycles. The van der Waals surface area contributed by atoms with E-state index in [9.17, 15) is 18.0 Å². The van der Waals surface area contributed by atoms with Crippen LogP contribution in [0.25, 0.3) is 5.69 Å². The second-order valence-corrected chi connectivity index (χ2v) is 5.27. The van der Waals surface area contributed by atoms with E-state index in [1.807, 2.05) is 0 Å². The number of alkyl halides is 3. The zero-order chi connectivity index (χ0) is 17.9. The Morgan fingerprint density at radius 2 is 2.12 bits per heavy atom. The second kappa shape index (κ2) is 6.91. The van der Waals surface area contributed by atoms with Gasteiger partial charge >= 0.3 is 12.2 Å². The molecular weight excluding hydrogens is 325 g/mol. The fraction of sp³-hybridized carbons (Fsp3) is 0.333. The Balaban J connectivity index is 2.15. The van der Waals surface area contributed by atoms with Crippen molar-refractivity contribution < 1.29 is 23.1 Å². The van der Waals surface area contributed by atoms with Crippen molar-refractivity contribution in [1.82, 2.24) is 14.7 Å². The molecular formula is C15H17F3N4O2. The molecule has 1 heterocycles. The van der Waals surface area contributed by atoms with E-state index in [1.54, 1.807) is 6.92 Å². The fourth-order valence-electron chi connectivity index (χ4n) is 1.88. The third-order valence-corrected chi connectivity index (χ3v) is 3.51. The van der Waals surface area contributed by atoms with Crippen LogP contribution >= 0.6 is 0 Å². The number of hydrogen-bond acceptors (Lipinski definition) is 3. The standard InChI is InChI=1S/C15H17F3N4O2/c1-10(9-23)21(2)14(24)19-13-6-7-22(20-13)12-5-3-4-11(8-12)15(16,17)18/h3-8,10,23H,9H2,1-2H3,(H,19,20,24)/t10-/m0/s1. The van der Waals surface area contributed by atoms with E-state index in [2.05, 4.69) is 10.4 Å². The Labute approximate surface area is 136 Å². The van der Waals surface area contributed by atoms with Gasteiger partial charge in [-0.1, -0.05) is 6.07 Å². The summed E-state index contributed by atoms with van der Waals surface area (Å²) < 4.78 is 39.5. The zero-order valence-corrected chi connectivity index (χ0v) is 13.1. The molecule has 0 aliphatic rings. The normalized spacial score (nSPS) is 12.8. The largest absolute Gasteiger partial charge is 0.416 e. The van der Waals surface area contributed by atoms with Crippen LogP contribution in [0.5, 0.6) is 0 Å². The van der Waals surface area contributed by atoms with E-state index < -0.39 is 17.8 Å². The summed E-state index contributed by atoms with van der Waals surface area (Å²) in [6.45, 7) is 1.48. The van der Waals surface area contributed by atoms with Crippen molar-refractivity contribution in [3.05, 3.63) is 42.1 Å². The number of halogens is 3. The molecule has 6 nitrogen and oxygen atoms in total. The van der Waals surface area contributed by atoms with Gasteiger partial charge in [0.05, 0.1) is 23.9 Å². The van der Waals surface area contributed by atoms with Gasteiger partial charge in [-0.2, -0.15) is 13.2 Å². The van der Waals surface area contributed by atoms with Crippen molar-refractivity contribution in [1.29, 1.82) is 0 Å². The number of carbonyl (C=O) groups excluding carboxylic acids is 1. The molecule has 0 spiro atoms. The van der Waals surface area contributed by atoms with Crippen molar-refractivity contribution in [2.75, 3.05) is 19.0 Å².